The van der Waals surface area contributed by atoms with Crippen LogP contribution in [0.15, 0.2) is 6.20 Å². The van der Waals surface area contributed by atoms with Crippen molar-refractivity contribution in [1.29, 1.82) is 0 Å². The van der Waals surface area contributed by atoms with Gasteiger partial charge in [-0.2, -0.15) is 13.2 Å². The maximum absolute atomic E-state index is 11.7. The number of rotatable bonds is 4. The molecule has 1 aromatic heterocycles. The van der Waals surface area contributed by atoms with E-state index in [1.54, 1.807) is 0 Å². The minimum Gasteiger partial charge on any atom is -0.340 e. The van der Waals surface area contributed by atoms with Crippen molar-refractivity contribution in [1.82, 2.24) is 9.97 Å². The van der Waals surface area contributed by atoms with Crippen molar-refractivity contribution in [2.45, 2.75) is 18.6 Å². The van der Waals surface area contributed by atoms with Crippen LogP contribution in [0.2, 0.25) is 0 Å². The molecule has 11 heteroatoms. The first-order valence-corrected chi connectivity index (χ1v) is 4.98. The highest BCUT2D eigenvalue weighted by Crippen LogP contribution is 2.16. The second kappa shape index (κ2) is 6.14. The third-order valence-electron chi connectivity index (χ3n) is 1.93. The fourth-order valence-electron chi connectivity index (χ4n) is 1.05. The van der Waals surface area contributed by atoms with Crippen LogP contribution >= 0.6 is 0 Å². The molecular formula is C9H8F3N3O5. The van der Waals surface area contributed by atoms with Gasteiger partial charge in [-0.15, -0.1) is 0 Å². The number of hydrogen-bond donors (Lipinski definition) is 2. The van der Waals surface area contributed by atoms with E-state index >= 15 is 0 Å². The van der Waals surface area contributed by atoms with E-state index in [-0.39, 0.29) is 17.9 Å². The summed E-state index contributed by atoms with van der Waals surface area (Å²) >= 11 is 0. The van der Waals surface area contributed by atoms with Crippen molar-refractivity contribution in [2.75, 3.05) is 0 Å². The molecule has 110 valence electrons. The number of carbonyl (C=O) groups excluding carboxylic acids is 3. The Morgan fingerprint density at radius 3 is 2.60 bits per heavy atom. The number of nitrogens with two attached hydrogens (primary N) is 1. The summed E-state index contributed by atoms with van der Waals surface area (Å²) in [4.78, 5) is 44.8. The Kier molecular flexibility index (Phi) is 4.80. The van der Waals surface area contributed by atoms with Crippen LogP contribution in [0.1, 0.15) is 16.3 Å². The number of aldehydes is 1. The van der Waals surface area contributed by atoms with Crippen molar-refractivity contribution < 1.29 is 37.3 Å². The maximum Gasteiger partial charge on any atom is 0.495 e. The molecule has 0 saturated carbocycles. The summed E-state index contributed by atoms with van der Waals surface area (Å²) in [5.74, 6) is -4.07. The van der Waals surface area contributed by atoms with E-state index in [9.17, 15) is 27.6 Å². The molecule has 1 unspecified atom stereocenters. The Bertz CT molecular complexity index is 513. The maximum atomic E-state index is 11.7. The second-order valence-corrected chi connectivity index (χ2v) is 3.49. The summed E-state index contributed by atoms with van der Waals surface area (Å²) in [5, 5.41) is 0. The van der Waals surface area contributed by atoms with Gasteiger partial charge in [-0.25, -0.2) is 24.3 Å². The summed E-state index contributed by atoms with van der Waals surface area (Å²) in [7, 11) is 0. The van der Waals surface area contributed by atoms with E-state index in [1.165, 1.54) is 6.20 Å². The second-order valence-electron chi connectivity index (χ2n) is 3.49. The van der Waals surface area contributed by atoms with Crippen LogP contribution in [-0.4, -0.2) is 40.4 Å². The van der Waals surface area contributed by atoms with Crippen LogP contribution in [0.5, 0.6) is 0 Å². The number of aromatic nitrogens is 2. The lowest BCUT2D eigenvalue weighted by molar-refractivity contribution is -0.286. The number of imidazole rings is 1. The molecule has 3 N–H and O–H groups in total. The number of alkyl halides is 3. The molecule has 8 nitrogen and oxygen atoms in total. The highest BCUT2D eigenvalue weighted by Gasteiger charge is 2.43. The molecule has 0 spiro atoms. The van der Waals surface area contributed by atoms with Crippen LogP contribution in [0, 0.1) is 0 Å². The zero-order chi connectivity index (χ0) is 15.3. The average molecular weight is 295 g/mol. The molecule has 1 rings (SSSR count). The highest BCUT2D eigenvalue weighted by molar-refractivity contribution is 5.79. The Hall–Kier alpha value is -2.43. The smallest absolute Gasteiger partial charge is 0.340 e. The Labute approximate surface area is 109 Å². The lowest BCUT2D eigenvalue weighted by Crippen LogP contribution is -2.36. The molecule has 0 amide bonds. The van der Waals surface area contributed by atoms with Gasteiger partial charge in [-0.1, -0.05) is 0 Å². The minimum atomic E-state index is -5.29. The molecule has 1 aromatic rings. The lowest BCUT2D eigenvalue weighted by Gasteiger charge is -2.09. The van der Waals surface area contributed by atoms with E-state index in [2.05, 4.69) is 19.7 Å². The molecule has 0 saturated heterocycles. The van der Waals surface area contributed by atoms with E-state index in [1.807, 2.05) is 0 Å². The molecule has 0 aliphatic rings. The van der Waals surface area contributed by atoms with Gasteiger partial charge in [0.2, 0.25) is 0 Å². The summed E-state index contributed by atoms with van der Waals surface area (Å²) in [5.41, 5.74) is 5.59. The normalized spacial score (nSPS) is 12.6. The molecule has 0 aliphatic heterocycles. The van der Waals surface area contributed by atoms with Gasteiger partial charge in [-0.05, 0) is 0 Å². The van der Waals surface area contributed by atoms with Gasteiger partial charge in [0.05, 0.1) is 0 Å². The van der Waals surface area contributed by atoms with E-state index in [4.69, 9.17) is 5.73 Å². The number of hydrogen-bond acceptors (Lipinski definition) is 7. The highest BCUT2D eigenvalue weighted by atomic mass is 19.4. The minimum absolute atomic E-state index is 0.0101. The number of carbonyl (C=O) groups is 3. The molecule has 0 aliphatic carbocycles. The van der Waals surface area contributed by atoms with Crippen molar-refractivity contribution in [2.24, 2.45) is 5.73 Å². The third-order valence-corrected chi connectivity index (χ3v) is 1.93. The third kappa shape index (κ3) is 4.35. The monoisotopic (exact) mass is 295 g/mol. The number of H-pyrrole nitrogens is 1. The van der Waals surface area contributed by atoms with Crippen LogP contribution < -0.4 is 5.73 Å². The first kappa shape index (κ1) is 15.6. The van der Waals surface area contributed by atoms with E-state index < -0.39 is 24.2 Å². The molecule has 0 bridgehead atoms. The predicted octanol–water partition coefficient (Wildman–Crippen LogP) is -0.344. The van der Waals surface area contributed by atoms with Crippen molar-refractivity contribution in [3.63, 3.8) is 0 Å². The van der Waals surface area contributed by atoms with Crippen LogP contribution in [0.25, 0.3) is 0 Å². The van der Waals surface area contributed by atoms with Gasteiger partial charge < -0.3 is 10.7 Å². The predicted molar refractivity (Wildman–Crippen MR) is 53.9 cm³/mol. The largest absolute Gasteiger partial charge is 0.495 e. The molecule has 1 atom stereocenters. The standard InChI is InChI=1S/C9H8F3N3O5/c10-9(11,12)8(18)20-19-7(17)5(13)1-4-2-14-6(3-16)15-4/h2-3,5H,1,13H2,(H,14,15). The number of nitrogens with one attached hydrogen (secondary N) is 1. The van der Waals surface area contributed by atoms with Crippen LogP contribution in [0.3, 0.4) is 0 Å². The molecular weight excluding hydrogens is 287 g/mol. The Morgan fingerprint density at radius 2 is 2.10 bits per heavy atom. The Morgan fingerprint density at radius 1 is 1.45 bits per heavy atom. The van der Waals surface area contributed by atoms with Gasteiger partial charge >= 0.3 is 18.1 Å². The first-order chi connectivity index (χ1) is 9.24. The van der Waals surface area contributed by atoms with Gasteiger partial charge in [0, 0.05) is 18.3 Å². The summed E-state index contributed by atoms with van der Waals surface area (Å²) in [6, 6.07) is -1.41. The Balaban J connectivity index is 2.47. The summed E-state index contributed by atoms with van der Waals surface area (Å²) < 4.78 is 35.2. The van der Waals surface area contributed by atoms with Gasteiger partial charge in [0.25, 0.3) is 0 Å². The first-order valence-electron chi connectivity index (χ1n) is 4.98. The fraction of sp³-hybridized carbons (Fsp3) is 0.333. The van der Waals surface area contributed by atoms with Crippen LogP contribution in [-0.2, 0) is 25.8 Å². The fourth-order valence-corrected chi connectivity index (χ4v) is 1.05. The zero-order valence-corrected chi connectivity index (χ0v) is 9.64. The molecule has 0 aromatic carbocycles. The van der Waals surface area contributed by atoms with Gasteiger partial charge in [-0.3, -0.25) is 4.79 Å². The molecule has 0 radical (unpaired) electrons. The topological polar surface area (TPSA) is 124 Å². The molecule has 20 heavy (non-hydrogen) atoms. The van der Waals surface area contributed by atoms with Crippen LogP contribution in [0.4, 0.5) is 13.2 Å². The van der Waals surface area contributed by atoms with E-state index in [0.717, 1.165) is 0 Å². The average Bonchev–Trinajstić information content (AvgIpc) is 2.81. The number of halogens is 3. The lowest BCUT2D eigenvalue weighted by atomic mass is 10.2. The molecule has 1 heterocycles. The van der Waals surface area contributed by atoms with E-state index in [0.29, 0.717) is 6.29 Å². The number of aromatic amines is 1. The van der Waals surface area contributed by atoms with Gasteiger partial charge in [0.1, 0.15) is 6.04 Å². The van der Waals surface area contributed by atoms with Gasteiger partial charge in [0.15, 0.2) is 12.1 Å². The van der Waals surface area contributed by atoms with Crippen molar-refractivity contribution in [3.8, 4) is 0 Å². The quantitative estimate of drug-likeness (QED) is 0.442. The SMILES string of the molecule is NC(Cc1cnc(C=O)[nH]1)C(=O)OOC(=O)C(F)(F)F. The summed E-state index contributed by atoms with van der Waals surface area (Å²) in [6.07, 6.45) is -3.87. The number of nitrogens with zero attached hydrogens (tertiary/aromatic N) is 1. The van der Waals surface area contributed by atoms with Crippen molar-refractivity contribution in [3.05, 3.63) is 17.7 Å². The zero-order valence-electron chi connectivity index (χ0n) is 9.64. The summed E-state index contributed by atoms with van der Waals surface area (Å²) in [6.45, 7) is 0. The van der Waals surface area contributed by atoms with Crippen molar-refractivity contribution >= 4 is 18.2 Å². The molecule has 0 fully saturated rings.